The van der Waals surface area contributed by atoms with Crippen LogP contribution >= 0.6 is 0 Å². The standard InChI is InChI=1S/C26H24F3N5O3/c1-15-9-16(22-13-30-14-37-22)11-17(10-15)23-19-3-2-6-32-24(19)25(36)34(33-23)21-12-18(31-7-8-35)4-5-20(21)26(27,28)29/h4-5,9-14,31-32,35H,2-3,6-8H2,1H3/p+1. The van der Waals surface area contributed by atoms with E-state index in [9.17, 15) is 18.0 Å². The van der Waals surface area contributed by atoms with Crippen molar-refractivity contribution in [2.45, 2.75) is 25.9 Å². The van der Waals surface area contributed by atoms with Crippen LogP contribution in [0.4, 0.5) is 24.5 Å². The van der Waals surface area contributed by atoms with Crippen molar-refractivity contribution in [1.82, 2.24) is 14.8 Å². The van der Waals surface area contributed by atoms with Crippen molar-refractivity contribution in [2.75, 3.05) is 30.3 Å². The third kappa shape index (κ3) is 4.82. The molecule has 0 saturated heterocycles. The Labute approximate surface area is 209 Å². The highest BCUT2D eigenvalue weighted by Crippen LogP contribution is 2.37. The number of nitrogens with one attached hydrogen (secondary N) is 2. The largest absolute Gasteiger partial charge is 0.444 e. The van der Waals surface area contributed by atoms with Crippen molar-refractivity contribution >= 4 is 11.4 Å². The average molecular weight is 513 g/mol. The number of fused-ring (bicyclic) bond motifs is 1. The summed E-state index contributed by atoms with van der Waals surface area (Å²) >= 11 is 0. The molecule has 192 valence electrons. The topological polar surface area (TPSA) is 108 Å². The molecule has 0 atom stereocenters. The first-order valence-electron chi connectivity index (χ1n) is 11.8. The van der Waals surface area contributed by atoms with Gasteiger partial charge in [-0.3, -0.25) is 4.79 Å². The summed E-state index contributed by atoms with van der Waals surface area (Å²) in [6.45, 7) is 2.72. The van der Waals surface area contributed by atoms with Crippen molar-refractivity contribution < 1.29 is 22.7 Å². The summed E-state index contributed by atoms with van der Waals surface area (Å²) in [7, 11) is 0. The van der Waals surface area contributed by atoms with Crippen LogP contribution in [0.1, 0.15) is 23.1 Å². The molecule has 0 amide bonds. The molecule has 2 aromatic heterocycles. The third-order valence-corrected chi connectivity index (χ3v) is 6.15. The zero-order valence-electron chi connectivity index (χ0n) is 19.9. The number of benzene rings is 2. The molecule has 2 aromatic carbocycles. The molecule has 0 fully saturated rings. The lowest BCUT2D eigenvalue weighted by Crippen LogP contribution is -2.31. The van der Waals surface area contributed by atoms with Gasteiger partial charge < -0.3 is 20.2 Å². The van der Waals surface area contributed by atoms with Crippen LogP contribution in [0, 0.1) is 6.92 Å². The number of alkyl halides is 3. The van der Waals surface area contributed by atoms with E-state index in [0.717, 1.165) is 28.3 Å². The van der Waals surface area contributed by atoms with E-state index < -0.39 is 17.3 Å². The third-order valence-electron chi connectivity index (χ3n) is 6.15. The fraction of sp³-hybridized carbons (Fsp3) is 0.269. The SMILES string of the molecule is Cc1cc(-c2cnco2)cc(-c2nn(-c3cc(NCC[OH2+])ccc3C(F)(F)F)c(=O)c3c2CCCN3)c1. The fourth-order valence-electron chi connectivity index (χ4n) is 4.54. The molecule has 0 spiro atoms. The maximum Gasteiger partial charge on any atom is 0.418 e. The predicted octanol–water partition coefficient (Wildman–Crippen LogP) is 4.38. The second kappa shape index (κ2) is 9.74. The molecule has 3 heterocycles. The molecule has 8 nitrogen and oxygen atoms in total. The van der Waals surface area contributed by atoms with Crippen LogP contribution < -0.4 is 16.2 Å². The van der Waals surface area contributed by atoms with Crippen LogP contribution in [0.15, 0.2) is 58.2 Å². The minimum absolute atomic E-state index is 0.0440. The molecule has 0 bridgehead atoms. The van der Waals surface area contributed by atoms with Gasteiger partial charge in [-0.25, -0.2) is 4.98 Å². The summed E-state index contributed by atoms with van der Waals surface area (Å²) in [6, 6.07) is 9.08. The van der Waals surface area contributed by atoms with Gasteiger partial charge in [0.2, 0.25) is 0 Å². The van der Waals surface area contributed by atoms with Gasteiger partial charge >= 0.3 is 6.18 Å². The van der Waals surface area contributed by atoms with Crippen molar-refractivity contribution in [3.05, 3.63) is 76.0 Å². The van der Waals surface area contributed by atoms with E-state index in [-0.39, 0.29) is 24.5 Å². The van der Waals surface area contributed by atoms with Crippen molar-refractivity contribution in [3.63, 3.8) is 0 Å². The average Bonchev–Trinajstić information content (AvgIpc) is 3.42. The second-order valence-electron chi connectivity index (χ2n) is 8.81. The Morgan fingerprint density at radius 3 is 2.73 bits per heavy atom. The molecular weight excluding hydrogens is 487 g/mol. The van der Waals surface area contributed by atoms with Crippen LogP contribution in [0.5, 0.6) is 0 Å². The lowest BCUT2D eigenvalue weighted by atomic mass is 9.95. The number of rotatable bonds is 6. The molecule has 4 N–H and O–H groups in total. The quantitative estimate of drug-likeness (QED) is 0.372. The lowest BCUT2D eigenvalue weighted by Gasteiger charge is -2.23. The molecule has 0 saturated carbocycles. The van der Waals surface area contributed by atoms with Gasteiger partial charge in [0.25, 0.3) is 5.56 Å². The smallest absolute Gasteiger partial charge is 0.418 e. The van der Waals surface area contributed by atoms with Gasteiger partial charge in [-0.05, 0) is 61.7 Å². The van der Waals surface area contributed by atoms with Crippen LogP contribution in [0.2, 0.25) is 0 Å². The molecule has 0 unspecified atom stereocenters. The molecule has 4 aromatic rings. The minimum atomic E-state index is -4.71. The monoisotopic (exact) mass is 512 g/mol. The van der Waals surface area contributed by atoms with E-state index in [1.165, 1.54) is 18.5 Å². The van der Waals surface area contributed by atoms with Crippen molar-refractivity contribution in [1.29, 1.82) is 0 Å². The first-order chi connectivity index (χ1) is 17.8. The molecule has 11 heteroatoms. The number of hydrogen-bond donors (Lipinski definition) is 2. The summed E-state index contributed by atoms with van der Waals surface area (Å²) in [5, 5.41) is 17.9. The van der Waals surface area contributed by atoms with Crippen molar-refractivity contribution in [2.24, 2.45) is 0 Å². The summed E-state index contributed by atoms with van der Waals surface area (Å²) < 4.78 is 48.4. The number of aryl methyl sites for hydroxylation is 1. The van der Waals surface area contributed by atoms with E-state index >= 15 is 0 Å². The van der Waals surface area contributed by atoms with E-state index in [1.807, 2.05) is 25.1 Å². The first-order valence-corrected chi connectivity index (χ1v) is 11.8. The number of aromatic nitrogens is 3. The maximum absolute atomic E-state index is 14.0. The molecule has 5 rings (SSSR count). The zero-order valence-corrected chi connectivity index (χ0v) is 19.9. The Bertz CT molecular complexity index is 1500. The van der Waals surface area contributed by atoms with Crippen LogP contribution in [0.3, 0.4) is 0 Å². The Kier molecular flexibility index (Phi) is 6.46. The molecule has 1 aliphatic rings. The van der Waals surface area contributed by atoms with E-state index in [2.05, 4.69) is 20.7 Å². The highest BCUT2D eigenvalue weighted by Gasteiger charge is 2.35. The van der Waals surface area contributed by atoms with Gasteiger partial charge in [0, 0.05) is 28.9 Å². The Balaban J connectivity index is 1.77. The van der Waals surface area contributed by atoms with Crippen LogP contribution in [0.25, 0.3) is 28.3 Å². The highest BCUT2D eigenvalue weighted by atomic mass is 19.4. The van der Waals surface area contributed by atoms with Gasteiger partial charge in [0.05, 0.1) is 29.7 Å². The van der Waals surface area contributed by atoms with Crippen LogP contribution in [-0.2, 0) is 12.6 Å². The van der Waals surface area contributed by atoms with Gasteiger partial charge in [-0.1, -0.05) is 0 Å². The molecule has 1 aliphatic heterocycles. The molecule has 37 heavy (non-hydrogen) atoms. The highest BCUT2D eigenvalue weighted by molar-refractivity contribution is 5.75. The first kappa shape index (κ1) is 24.6. The van der Waals surface area contributed by atoms with Crippen molar-refractivity contribution in [3.8, 4) is 28.3 Å². The second-order valence-corrected chi connectivity index (χ2v) is 8.81. The molecule has 0 aliphatic carbocycles. The van der Waals surface area contributed by atoms with Gasteiger partial charge in [-0.15, -0.1) is 0 Å². The van der Waals surface area contributed by atoms with E-state index in [1.54, 1.807) is 6.20 Å². The number of nitrogens with zero attached hydrogens (tertiary/aromatic N) is 3. The van der Waals surface area contributed by atoms with Gasteiger partial charge in [0.15, 0.2) is 18.8 Å². The normalized spacial score (nSPS) is 13.2. The van der Waals surface area contributed by atoms with E-state index in [4.69, 9.17) is 9.52 Å². The van der Waals surface area contributed by atoms with E-state index in [0.29, 0.717) is 41.2 Å². The Morgan fingerprint density at radius 2 is 2.00 bits per heavy atom. The van der Waals surface area contributed by atoms with Gasteiger partial charge in [0.1, 0.15) is 5.69 Å². The fourth-order valence-corrected chi connectivity index (χ4v) is 4.54. The zero-order chi connectivity index (χ0) is 26.2. The summed E-state index contributed by atoms with van der Waals surface area (Å²) in [4.78, 5) is 17.5. The number of hydrogen-bond acceptors (Lipinski definition) is 6. The summed E-state index contributed by atoms with van der Waals surface area (Å²) in [5.74, 6) is 0.540. The summed E-state index contributed by atoms with van der Waals surface area (Å²) in [5.41, 5.74) is 1.96. The lowest BCUT2D eigenvalue weighted by molar-refractivity contribution is -0.137. The Morgan fingerprint density at radius 1 is 1.19 bits per heavy atom. The molecule has 0 radical (unpaired) electrons. The summed E-state index contributed by atoms with van der Waals surface area (Å²) in [6.07, 6.45) is -0.497. The number of oxazole rings is 1. The maximum atomic E-state index is 14.0. The minimum Gasteiger partial charge on any atom is -0.444 e. The molecular formula is C26H25F3N5O3+. The predicted molar refractivity (Wildman–Crippen MR) is 134 cm³/mol. The number of halogens is 3. The Hall–Kier alpha value is -4.12. The van der Waals surface area contributed by atoms with Gasteiger partial charge in [-0.2, -0.15) is 23.0 Å². The number of anilines is 2. The van der Waals surface area contributed by atoms with Crippen LogP contribution in [-0.4, -0.2) is 39.6 Å².